The lowest BCUT2D eigenvalue weighted by Crippen LogP contribution is -2.28. The Hall–Kier alpha value is -0.0400. The molecule has 0 aromatic rings. The Kier molecular flexibility index (Phi) is 0.722. The fraction of sp³-hybridized carbons (Fsp3) is 1.00. The zero-order valence-electron chi connectivity index (χ0n) is 6.80. The number of nitrogens with zero attached hydrogens (tertiary/aromatic N) is 1. The van der Waals surface area contributed by atoms with Crippen LogP contribution in [0.1, 0.15) is 19.8 Å². The molecule has 1 spiro atoms. The van der Waals surface area contributed by atoms with Crippen LogP contribution in [-0.2, 0) is 0 Å². The van der Waals surface area contributed by atoms with Gasteiger partial charge < -0.3 is 4.90 Å². The summed E-state index contributed by atoms with van der Waals surface area (Å²) in [6, 6.07) is 0.896. The zero-order valence-corrected chi connectivity index (χ0v) is 6.80. The molecular weight excluding hydrogens is 122 g/mol. The van der Waals surface area contributed by atoms with Crippen molar-refractivity contribution in [2.24, 2.45) is 17.3 Å². The smallest absolute Gasteiger partial charge is 0.0101 e. The van der Waals surface area contributed by atoms with Crippen LogP contribution >= 0.6 is 0 Å². The van der Waals surface area contributed by atoms with Crippen LogP contribution in [0.4, 0.5) is 0 Å². The van der Waals surface area contributed by atoms with Crippen molar-refractivity contribution in [3.8, 4) is 0 Å². The van der Waals surface area contributed by atoms with Crippen molar-refractivity contribution >= 4 is 0 Å². The molecule has 56 valence electrons. The second-order valence-electron chi connectivity index (χ2n) is 4.55. The van der Waals surface area contributed by atoms with E-state index in [0.29, 0.717) is 0 Å². The van der Waals surface area contributed by atoms with Gasteiger partial charge in [0.15, 0.2) is 0 Å². The summed E-state index contributed by atoms with van der Waals surface area (Å²) in [6.45, 7) is 3.80. The van der Waals surface area contributed by atoms with Crippen LogP contribution in [-0.4, -0.2) is 24.5 Å². The molecule has 3 aliphatic rings. The normalized spacial score (nSPS) is 55.2. The highest BCUT2D eigenvalue weighted by Crippen LogP contribution is 2.78. The van der Waals surface area contributed by atoms with Crippen LogP contribution in [0, 0.1) is 17.3 Å². The highest BCUT2D eigenvalue weighted by atomic mass is 15.2. The predicted octanol–water partition coefficient (Wildman–Crippen LogP) is 1.35. The molecule has 1 heterocycles. The summed E-state index contributed by atoms with van der Waals surface area (Å²) in [6.07, 6.45) is 3.11. The molecular formula is C9H15N. The van der Waals surface area contributed by atoms with Gasteiger partial charge >= 0.3 is 0 Å². The predicted molar refractivity (Wildman–Crippen MR) is 40.7 cm³/mol. The molecule has 0 amide bonds. The van der Waals surface area contributed by atoms with Gasteiger partial charge in [-0.15, -0.1) is 0 Å². The Morgan fingerprint density at radius 1 is 1.40 bits per heavy atom. The summed E-state index contributed by atoms with van der Waals surface area (Å²) in [5.41, 5.74) is 0.923. The van der Waals surface area contributed by atoms with Crippen molar-refractivity contribution in [2.75, 3.05) is 13.6 Å². The van der Waals surface area contributed by atoms with E-state index in [0.717, 1.165) is 23.3 Å². The summed E-state index contributed by atoms with van der Waals surface area (Å²) in [7, 11) is 2.27. The van der Waals surface area contributed by atoms with Gasteiger partial charge in [-0.05, 0) is 44.1 Å². The van der Waals surface area contributed by atoms with E-state index in [4.69, 9.17) is 0 Å². The van der Waals surface area contributed by atoms with Gasteiger partial charge in [0.2, 0.25) is 0 Å². The summed E-state index contributed by atoms with van der Waals surface area (Å²) in [5.74, 6) is 2.23. The van der Waals surface area contributed by atoms with E-state index < -0.39 is 0 Å². The standard InChI is InChI=1S/C9H15N/c1-6-8-7(5-10(6)2)9(8)3-4-9/h6-8H,3-5H2,1-2H3. The summed E-state index contributed by atoms with van der Waals surface area (Å²) in [5, 5.41) is 0. The molecule has 3 unspecified atom stereocenters. The Balaban J connectivity index is 1.87. The molecule has 0 aromatic heterocycles. The molecule has 0 N–H and O–H groups in total. The van der Waals surface area contributed by atoms with Gasteiger partial charge in [-0.3, -0.25) is 0 Å². The number of likely N-dealkylation sites (tertiary alicyclic amines) is 1. The van der Waals surface area contributed by atoms with Crippen molar-refractivity contribution in [1.82, 2.24) is 4.90 Å². The maximum atomic E-state index is 2.53. The average molecular weight is 137 g/mol. The molecule has 3 rings (SSSR count). The lowest BCUT2D eigenvalue weighted by molar-refractivity contribution is 0.259. The molecule has 10 heavy (non-hydrogen) atoms. The van der Waals surface area contributed by atoms with Crippen LogP contribution in [0.2, 0.25) is 0 Å². The van der Waals surface area contributed by atoms with Crippen LogP contribution in [0.5, 0.6) is 0 Å². The average Bonchev–Trinajstić information content (AvgIpc) is 2.74. The molecule has 0 radical (unpaired) electrons. The van der Waals surface area contributed by atoms with Crippen LogP contribution < -0.4 is 0 Å². The fourth-order valence-electron chi connectivity index (χ4n) is 3.32. The SMILES string of the molecule is CC1C2C(CN1C)C21CC1. The lowest BCUT2D eigenvalue weighted by atomic mass is 10.1. The van der Waals surface area contributed by atoms with Crippen molar-refractivity contribution < 1.29 is 0 Å². The topological polar surface area (TPSA) is 3.24 Å². The summed E-state index contributed by atoms with van der Waals surface area (Å²) < 4.78 is 0. The number of hydrogen-bond acceptors (Lipinski definition) is 1. The van der Waals surface area contributed by atoms with E-state index in [9.17, 15) is 0 Å². The van der Waals surface area contributed by atoms with E-state index in [1.807, 2.05) is 0 Å². The number of piperidine rings is 1. The fourth-order valence-corrected chi connectivity index (χ4v) is 3.32. The minimum absolute atomic E-state index is 0.896. The van der Waals surface area contributed by atoms with Gasteiger partial charge in [-0.2, -0.15) is 0 Å². The third kappa shape index (κ3) is 0.402. The van der Waals surface area contributed by atoms with Gasteiger partial charge in [0.25, 0.3) is 0 Å². The van der Waals surface area contributed by atoms with Crippen LogP contribution in [0.25, 0.3) is 0 Å². The molecule has 0 aromatic carbocycles. The number of hydrogen-bond donors (Lipinski definition) is 0. The maximum Gasteiger partial charge on any atom is 0.0101 e. The first-order valence-corrected chi connectivity index (χ1v) is 4.46. The molecule has 0 bridgehead atoms. The minimum atomic E-state index is 0.896. The molecule has 3 atom stereocenters. The van der Waals surface area contributed by atoms with E-state index in [2.05, 4.69) is 18.9 Å². The minimum Gasteiger partial charge on any atom is -0.303 e. The second kappa shape index (κ2) is 1.29. The van der Waals surface area contributed by atoms with Gasteiger partial charge in [0.1, 0.15) is 0 Å². The Labute approximate surface area is 62.4 Å². The van der Waals surface area contributed by atoms with Gasteiger partial charge in [0.05, 0.1) is 0 Å². The third-order valence-corrected chi connectivity index (χ3v) is 4.25. The highest BCUT2D eigenvalue weighted by molar-refractivity contribution is 5.25. The molecule has 2 aliphatic carbocycles. The van der Waals surface area contributed by atoms with Gasteiger partial charge in [-0.25, -0.2) is 0 Å². The van der Waals surface area contributed by atoms with Crippen molar-refractivity contribution in [1.29, 1.82) is 0 Å². The van der Waals surface area contributed by atoms with E-state index in [1.165, 1.54) is 6.54 Å². The quantitative estimate of drug-likeness (QED) is 0.487. The van der Waals surface area contributed by atoms with Crippen LogP contribution in [0.3, 0.4) is 0 Å². The first-order valence-electron chi connectivity index (χ1n) is 4.46. The Morgan fingerprint density at radius 3 is 2.50 bits per heavy atom. The third-order valence-electron chi connectivity index (χ3n) is 4.25. The summed E-state index contributed by atoms with van der Waals surface area (Å²) >= 11 is 0. The largest absolute Gasteiger partial charge is 0.303 e. The monoisotopic (exact) mass is 137 g/mol. The maximum absolute atomic E-state index is 2.53. The Bertz CT molecular complexity index is 181. The van der Waals surface area contributed by atoms with Gasteiger partial charge in [0, 0.05) is 12.6 Å². The van der Waals surface area contributed by atoms with E-state index in [1.54, 1.807) is 12.8 Å². The molecule has 1 saturated heterocycles. The van der Waals surface area contributed by atoms with Crippen LogP contribution in [0.15, 0.2) is 0 Å². The molecule has 1 aliphatic heterocycles. The first-order chi connectivity index (χ1) is 4.76. The summed E-state index contributed by atoms with van der Waals surface area (Å²) in [4.78, 5) is 2.53. The van der Waals surface area contributed by atoms with Crippen molar-refractivity contribution in [3.63, 3.8) is 0 Å². The number of rotatable bonds is 0. The molecule has 2 saturated carbocycles. The van der Waals surface area contributed by atoms with Gasteiger partial charge in [-0.1, -0.05) is 0 Å². The zero-order chi connectivity index (χ0) is 6.93. The first kappa shape index (κ1) is 5.59. The number of fused-ring (bicyclic) bond motifs is 3. The second-order valence-corrected chi connectivity index (χ2v) is 4.55. The lowest BCUT2D eigenvalue weighted by Gasteiger charge is -2.20. The highest BCUT2D eigenvalue weighted by Gasteiger charge is 2.75. The van der Waals surface area contributed by atoms with E-state index >= 15 is 0 Å². The molecule has 1 heteroatoms. The molecule has 3 fully saturated rings. The van der Waals surface area contributed by atoms with Crippen molar-refractivity contribution in [3.05, 3.63) is 0 Å². The molecule has 1 nitrogen and oxygen atoms in total. The van der Waals surface area contributed by atoms with Crippen molar-refractivity contribution in [2.45, 2.75) is 25.8 Å². The Morgan fingerprint density at radius 2 is 2.10 bits per heavy atom. The van der Waals surface area contributed by atoms with E-state index in [-0.39, 0.29) is 0 Å².